The fraction of sp³-hybridized carbons (Fsp3) is 0.273. The van der Waals surface area contributed by atoms with Crippen molar-refractivity contribution < 1.29 is 18.7 Å². The summed E-state index contributed by atoms with van der Waals surface area (Å²) in [5, 5.41) is 11.2. The van der Waals surface area contributed by atoms with E-state index in [0.29, 0.717) is 30.7 Å². The summed E-state index contributed by atoms with van der Waals surface area (Å²) in [7, 11) is 1.84. The Morgan fingerprint density at radius 1 is 1.30 bits per heavy atom. The summed E-state index contributed by atoms with van der Waals surface area (Å²) in [5.41, 5.74) is 1.59. The number of aryl methyl sites for hydroxylation is 1. The van der Waals surface area contributed by atoms with Crippen LogP contribution in [-0.2, 0) is 16.5 Å². The molecular formula is C22H21FN4O3. The summed E-state index contributed by atoms with van der Waals surface area (Å²) in [6.45, 7) is 0. The first-order chi connectivity index (χ1) is 14.5. The molecule has 1 unspecified atom stereocenters. The number of hydrogen-bond acceptors (Lipinski definition) is 4. The second-order valence-electron chi connectivity index (χ2n) is 7.68. The third kappa shape index (κ3) is 3.34. The van der Waals surface area contributed by atoms with Gasteiger partial charge in [-0.05, 0) is 36.3 Å². The van der Waals surface area contributed by atoms with E-state index in [0.717, 1.165) is 16.5 Å². The molecule has 1 aromatic carbocycles. The van der Waals surface area contributed by atoms with Crippen LogP contribution in [0.2, 0.25) is 0 Å². The fourth-order valence-corrected chi connectivity index (χ4v) is 4.15. The van der Waals surface area contributed by atoms with Gasteiger partial charge in [0, 0.05) is 37.5 Å². The summed E-state index contributed by atoms with van der Waals surface area (Å²) in [4.78, 5) is 12.9. The number of fused-ring (bicyclic) bond motifs is 1. The number of carbonyl (C=O) groups is 1. The van der Waals surface area contributed by atoms with Gasteiger partial charge in [-0.2, -0.15) is 5.10 Å². The molecule has 1 atom stereocenters. The standard InChI is InChI=1S/C22H21FN4O3/c1-27-13-16-17(3-2-4-18(16)26-27)24-21(28)25-19-12-22(7-9-29-10-8-22)30-20-11-14(23)5-6-15(19)20/h2-4,7-11,13,19H,5-6,12H2,1H3,(H2,24,25,28). The molecule has 5 rings (SSSR count). The van der Waals surface area contributed by atoms with Gasteiger partial charge in [0.1, 0.15) is 11.6 Å². The number of benzene rings is 1. The second kappa shape index (κ2) is 7.05. The number of carbonyl (C=O) groups excluding carboxylic acids is 1. The SMILES string of the molecule is Cn1cc2c(NC(=O)NC3CC4(C=COC=C4)OC4=C3CCC(F)=C4)cccc2n1. The van der Waals surface area contributed by atoms with E-state index in [1.807, 2.05) is 31.4 Å². The molecule has 0 radical (unpaired) electrons. The van der Waals surface area contributed by atoms with Gasteiger partial charge in [0.2, 0.25) is 0 Å². The van der Waals surface area contributed by atoms with Gasteiger partial charge in [-0.3, -0.25) is 4.68 Å². The maximum atomic E-state index is 13.9. The molecule has 1 aliphatic carbocycles. The lowest BCUT2D eigenvalue weighted by Crippen LogP contribution is -2.48. The van der Waals surface area contributed by atoms with E-state index in [2.05, 4.69) is 15.7 Å². The van der Waals surface area contributed by atoms with E-state index in [-0.39, 0.29) is 17.9 Å². The third-order valence-electron chi connectivity index (χ3n) is 5.56. The minimum Gasteiger partial charge on any atom is -0.479 e. The van der Waals surface area contributed by atoms with Crippen molar-refractivity contribution in [3.8, 4) is 0 Å². The van der Waals surface area contributed by atoms with E-state index in [1.54, 1.807) is 16.8 Å². The third-order valence-corrected chi connectivity index (χ3v) is 5.56. The number of hydrogen-bond donors (Lipinski definition) is 2. The van der Waals surface area contributed by atoms with Crippen molar-refractivity contribution in [1.29, 1.82) is 0 Å². The molecule has 154 valence electrons. The Bertz CT molecular complexity index is 1130. The zero-order chi connectivity index (χ0) is 20.7. The molecular weight excluding hydrogens is 387 g/mol. The van der Waals surface area contributed by atoms with E-state index in [4.69, 9.17) is 9.47 Å². The molecule has 0 saturated heterocycles. The van der Waals surface area contributed by atoms with Crippen molar-refractivity contribution in [1.82, 2.24) is 15.1 Å². The summed E-state index contributed by atoms with van der Waals surface area (Å²) in [6.07, 6.45) is 11.2. The van der Waals surface area contributed by atoms with Crippen molar-refractivity contribution in [2.75, 3.05) is 5.32 Å². The topological polar surface area (TPSA) is 77.4 Å². The van der Waals surface area contributed by atoms with Crippen LogP contribution in [0.5, 0.6) is 0 Å². The number of allylic oxidation sites excluding steroid dienone is 2. The van der Waals surface area contributed by atoms with E-state index >= 15 is 0 Å². The number of nitrogens with zero attached hydrogens (tertiary/aromatic N) is 2. The first-order valence-corrected chi connectivity index (χ1v) is 9.80. The minimum absolute atomic E-state index is 0.225. The van der Waals surface area contributed by atoms with E-state index < -0.39 is 5.60 Å². The number of amides is 2. The predicted molar refractivity (Wildman–Crippen MR) is 110 cm³/mol. The zero-order valence-electron chi connectivity index (χ0n) is 16.4. The van der Waals surface area contributed by atoms with Crippen LogP contribution in [0.3, 0.4) is 0 Å². The van der Waals surface area contributed by atoms with Gasteiger partial charge in [-0.25, -0.2) is 9.18 Å². The summed E-state index contributed by atoms with van der Waals surface area (Å²) in [5.74, 6) is 0.248. The number of nitrogens with one attached hydrogen (secondary N) is 2. The highest BCUT2D eigenvalue weighted by molar-refractivity contribution is 6.00. The Labute approximate surface area is 172 Å². The Morgan fingerprint density at radius 3 is 2.97 bits per heavy atom. The molecule has 3 aliphatic rings. The van der Waals surface area contributed by atoms with Crippen molar-refractivity contribution in [3.05, 3.63) is 72.3 Å². The monoisotopic (exact) mass is 408 g/mol. The van der Waals surface area contributed by atoms with Crippen LogP contribution in [0.4, 0.5) is 14.9 Å². The Morgan fingerprint density at radius 2 is 2.13 bits per heavy atom. The molecule has 0 bridgehead atoms. The molecule has 1 spiro atoms. The van der Waals surface area contributed by atoms with Crippen molar-refractivity contribution in [2.45, 2.75) is 30.9 Å². The van der Waals surface area contributed by atoms with Crippen molar-refractivity contribution >= 4 is 22.6 Å². The molecule has 2 aliphatic heterocycles. The number of aromatic nitrogens is 2. The van der Waals surface area contributed by atoms with Crippen LogP contribution in [0.1, 0.15) is 19.3 Å². The molecule has 30 heavy (non-hydrogen) atoms. The molecule has 3 heterocycles. The van der Waals surface area contributed by atoms with Crippen LogP contribution in [0, 0.1) is 0 Å². The van der Waals surface area contributed by atoms with Crippen LogP contribution in [-0.4, -0.2) is 27.5 Å². The normalized spacial score (nSPS) is 21.7. The second-order valence-corrected chi connectivity index (χ2v) is 7.68. The smallest absolute Gasteiger partial charge is 0.319 e. The molecule has 2 aromatic rings. The molecule has 8 heteroatoms. The van der Waals surface area contributed by atoms with E-state index in [9.17, 15) is 9.18 Å². The summed E-state index contributed by atoms with van der Waals surface area (Å²) >= 11 is 0. The molecule has 2 N–H and O–H groups in total. The summed E-state index contributed by atoms with van der Waals surface area (Å²) < 4.78 is 26.9. The van der Waals surface area contributed by atoms with Crippen LogP contribution in [0.25, 0.3) is 10.9 Å². The zero-order valence-corrected chi connectivity index (χ0v) is 16.4. The molecule has 7 nitrogen and oxygen atoms in total. The average molecular weight is 408 g/mol. The highest BCUT2D eigenvalue weighted by Gasteiger charge is 2.41. The molecule has 0 fully saturated rings. The first-order valence-electron chi connectivity index (χ1n) is 9.80. The van der Waals surface area contributed by atoms with Gasteiger partial charge >= 0.3 is 6.03 Å². The molecule has 1 aromatic heterocycles. The highest BCUT2D eigenvalue weighted by atomic mass is 19.1. The number of rotatable bonds is 2. The lowest BCUT2D eigenvalue weighted by molar-refractivity contribution is 0.0511. The van der Waals surface area contributed by atoms with Gasteiger partial charge < -0.3 is 20.1 Å². The summed E-state index contributed by atoms with van der Waals surface area (Å²) in [6, 6.07) is 4.93. The van der Waals surface area contributed by atoms with Crippen molar-refractivity contribution in [2.24, 2.45) is 7.05 Å². The number of urea groups is 1. The Balaban J connectivity index is 1.41. The quantitative estimate of drug-likeness (QED) is 0.782. The van der Waals surface area contributed by atoms with Crippen LogP contribution < -0.4 is 10.6 Å². The van der Waals surface area contributed by atoms with Gasteiger partial charge in [-0.15, -0.1) is 0 Å². The predicted octanol–water partition coefficient (Wildman–Crippen LogP) is 4.18. The Kier molecular flexibility index (Phi) is 4.34. The maximum absolute atomic E-state index is 13.9. The molecule has 0 saturated carbocycles. The Hall–Kier alpha value is -3.55. The largest absolute Gasteiger partial charge is 0.479 e. The highest BCUT2D eigenvalue weighted by Crippen LogP contribution is 2.41. The number of anilines is 1. The first kappa shape index (κ1) is 18.5. The lowest BCUT2D eigenvalue weighted by atomic mass is 9.83. The average Bonchev–Trinajstić information content (AvgIpc) is 3.09. The van der Waals surface area contributed by atoms with Crippen molar-refractivity contribution in [3.63, 3.8) is 0 Å². The van der Waals surface area contributed by atoms with Crippen LogP contribution in [0.15, 0.2) is 72.3 Å². The van der Waals surface area contributed by atoms with Crippen LogP contribution >= 0.6 is 0 Å². The molecule has 2 amide bonds. The van der Waals surface area contributed by atoms with E-state index in [1.165, 1.54) is 18.6 Å². The number of ether oxygens (including phenoxy) is 2. The maximum Gasteiger partial charge on any atom is 0.319 e. The minimum atomic E-state index is -0.785. The lowest BCUT2D eigenvalue weighted by Gasteiger charge is -2.41. The van der Waals surface area contributed by atoms with Gasteiger partial charge in [0.25, 0.3) is 0 Å². The van der Waals surface area contributed by atoms with Gasteiger partial charge in [0.15, 0.2) is 5.60 Å². The van der Waals surface area contributed by atoms with Gasteiger partial charge in [-0.1, -0.05) is 6.07 Å². The van der Waals surface area contributed by atoms with Gasteiger partial charge in [0.05, 0.1) is 29.8 Å². The number of halogens is 1. The fourth-order valence-electron chi connectivity index (χ4n) is 4.15.